The molecule has 180 valence electrons. The van der Waals surface area contributed by atoms with Gasteiger partial charge in [0.1, 0.15) is 11.6 Å². The smallest absolute Gasteiger partial charge is 0.398 e. The summed E-state index contributed by atoms with van der Waals surface area (Å²) in [5.74, 6) is -2.60. The van der Waals surface area contributed by atoms with E-state index in [2.05, 4.69) is 5.32 Å². The normalized spacial score (nSPS) is 11.9. The third-order valence-corrected chi connectivity index (χ3v) is 5.39. The van der Waals surface area contributed by atoms with Crippen LogP contribution in [0.1, 0.15) is 15.9 Å². The fourth-order valence-corrected chi connectivity index (χ4v) is 3.88. The van der Waals surface area contributed by atoms with Crippen LogP contribution in [-0.2, 0) is 16.2 Å². The highest BCUT2D eigenvalue weighted by atomic mass is 35.5. The SMILES string of the molecule is CS(=O)(=O)Nc1ccc(NC(=O)c2cc(F)c(-c3ccc(F)cc3N)cc2Cl)cc1C(F)(F)F. The average molecular weight is 520 g/mol. The van der Waals surface area contributed by atoms with Gasteiger partial charge in [-0.3, -0.25) is 9.52 Å². The van der Waals surface area contributed by atoms with E-state index in [0.717, 1.165) is 36.4 Å². The molecule has 0 spiro atoms. The molecule has 1 amide bonds. The Labute approximate surface area is 195 Å². The zero-order valence-corrected chi connectivity index (χ0v) is 18.7. The van der Waals surface area contributed by atoms with Gasteiger partial charge in [0, 0.05) is 22.5 Å². The van der Waals surface area contributed by atoms with Crippen molar-refractivity contribution in [1.29, 1.82) is 0 Å². The van der Waals surface area contributed by atoms with Crippen LogP contribution < -0.4 is 15.8 Å². The number of nitrogens with two attached hydrogens (primary N) is 1. The molecular weight excluding hydrogens is 505 g/mol. The summed E-state index contributed by atoms with van der Waals surface area (Å²) in [5.41, 5.74) is 2.81. The Morgan fingerprint density at radius 1 is 1.00 bits per heavy atom. The number of alkyl halides is 3. The van der Waals surface area contributed by atoms with Crippen molar-refractivity contribution in [2.24, 2.45) is 0 Å². The van der Waals surface area contributed by atoms with E-state index in [-0.39, 0.29) is 27.5 Å². The lowest BCUT2D eigenvalue weighted by Gasteiger charge is -2.16. The van der Waals surface area contributed by atoms with E-state index in [0.29, 0.717) is 12.3 Å². The van der Waals surface area contributed by atoms with E-state index in [4.69, 9.17) is 17.3 Å². The summed E-state index contributed by atoms with van der Waals surface area (Å²) in [6, 6.07) is 7.47. The second-order valence-corrected chi connectivity index (χ2v) is 9.29. The molecule has 0 aromatic heterocycles. The van der Waals surface area contributed by atoms with Crippen molar-refractivity contribution in [3.8, 4) is 11.1 Å². The molecule has 3 aromatic rings. The van der Waals surface area contributed by atoms with Crippen molar-refractivity contribution in [1.82, 2.24) is 0 Å². The number of benzene rings is 3. The maximum Gasteiger partial charge on any atom is 0.418 e. The first-order valence-corrected chi connectivity index (χ1v) is 11.5. The second-order valence-electron chi connectivity index (χ2n) is 7.13. The first-order valence-electron chi connectivity index (χ1n) is 9.20. The van der Waals surface area contributed by atoms with Crippen molar-refractivity contribution < 1.29 is 35.2 Å². The predicted octanol–water partition coefficient (Wildman–Crippen LogP) is 5.51. The lowest BCUT2D eigenvalue weighted by atomic mass is 10.0. The van der Waals surface area contributed by atoms with E-state index in [1.807, 2.05) is 0 Å². The number of halogens is 6. The number of rotatable bonds is 5. The molecule has 13 heteroatoms. The Bertz CT molecular complexity index is 1400. The second kappa shape index (κ2) is 9.11. The molecule has 0 heterocycles. The Morgan fingerprint density at radius 2 is 1.68 bits per heavy atom. The lowest BCUT2D eigenvalue weighted by Crippen LogP contribution is -2.17. The van der Waals surface area contributed by atoms with Gasteiger partial charge in [-0.2, -0.15) is 13.2 Å². The number of nitrogen functional groups attached to an aromatic ring is 1. The fraction of sp³-hybridized carbons (Fsp3) is 0.0952. The summed E-state index contributed by atoms with van der Waals surface area (Å²) in [6.07, 6.45) is -4.27. The molecule has 0 radical (unpaired) electrons. The molecule has 34 heavy (non-hydrogen) atoms. The highest BCUT2D eigenvalue weighted by Gasteiger charge is 2.34. The number of amides is 1. The molecule has 0 atom stereocenters. The summed E-state index contributed by atoms with van der Waals surface area (Å²) in [7, 11) is -4.01. The van der Waals surface area contributed by atoms with Gasteiger partial charge in [-0.1, -0.05) is 11.6 Å². The number of carbonyl (C=O) groups excluding carboxylic acids is 1. The van der Waals surface area contributed by atoms with Crippen LogP contribution in [0.3, 0.4) is 0 Å². The minimum Gasteiger partial charge on any atom is -0.398 e. The topological polar surface area (TPSA) is 101 Å². The predicted molar refractivity (Wildman–Crippen MR) is 119 cm³/mol. The molecule has 0 aliphatic carbocycles. The molecule has 0 saturated carbocycles. The van der Waals surface area contributed by atoms with Gasteiger partial charge in [0.15, 0.2) is 0 Å². The highest BCUT2D eigenvalue weighted by Crippen LogP contribution is 2.37. The maximum absolute atomic E-state index is 14.7. The molecule has 4 N–H and O–H groups in total. The molecule has 0 aliphatic rings. The van der Waals surface area contributed by atoms with Gasteiger partial charge in [-0.05, 0) is 48.5 Å². The Morgan fingerprint density at radius 3 is 2.26 bits per heavy atom. The van der Waals surface area contributed by atoms with Crippen LogP contribution in [0, 0.1) is 11.6 Å². The third-order valence-electron chi connectivity index (χ3n) is 4.48. The highest BCUT2D eigenvalue weighted by molar-refractivity contribution is 7.92. The van der Waals surface area contributed by atoms with Gasteiger partial charge in [-0.25, -0.2) is 17.2 Å². The molecule has 0 aliphatic heterocycles. The van der Waals surface area contributed by atoms with E-state index in [9.17, 15) is 35.2 Å². The number of hydrogen-bond acceptors (Lipinski definition) is 4. The van der Waals surface area contributed by atoms with Crippen LogP contribution in [0.25, 0.3) is 11.1 Å². The summed E-state index contributed by atoms with van der Waals surface area (Å²) in [4.78, 5) is 12.6. The number of sulfonamides is 1. The molecule has 0 unspecified atom stereocenters. The number of anilines is 3. The maximum atomic E-state index is 14.7. The van der Waals surface area contributed by atoms with Gasteiger partial charge >= 0.3 is 6.18 Å². The standard InChI is InChI=1S/C21H15ClF5N3O3S/c1-34(32,33)30-19-5-3-11(7-15(19)21(25,26)27)29-20(31)14-9-17(24)13(8-16(14)22)12-4-2-10(23)6-18(12)28/h2-9,30H,28H2,1H3,(H,29,31). The van der Waals surface area contributed by atoms with Crippen molar-refractivity contribution in [2.45, 2.75) is 6.18 Å². The number of carbonyl (C=O) groups is 1. The minimum absolute atomic E-state index is 0.0744. The van der Waals surface area contributed by atoms with Crippen LogP contribution in [0.2, 0.25) is 5.02 Å². The molecule has 0 bridgehead atoms. The van der Waals surface area contributed by atoms with Crippen LogP contribution in [0.4, 0.5) is 39.0 Å². The molecule has 0 fully saturated rings. The molecular formula is C21H15ClF5N3O3S. The zero-order valence-electron chi connectivity index (χ0n) is 17.1. The van der Waals surface area contributed by atoms with Gasteiger partial charge in [0.25, 0.3) is 5.91 Å². The van der Waals surface area contributed by atoms with Crippen molar-refractivity contribution >= 4 is 44.6 Å². The Hall–Kier alpha value is -3.38. The monoisotopic (exact) mass is 519 g/mol. The Balaban J connectivity index is 1.94. The fourth-order valence-electron chi connectivity index (χ4n) is 3.05. The quantitative estimate of drug-likeness (QED) is 0.305. The number of hydrogen-bond donors (Lipinski definition) is 3. The largest absolute Gasteiger partial charge is 0.418 e. The molecule has 3 aromatic carbocycles. The summed E-state index contributed by atoms with van der Waals surface area (Å²) < 4.78 is 92.6. The van der Waals surface area contributed by atoms with E-state index in [1.54, 1.807) is 4.72 Å². The van der Waals surface area contributed by atoms with Crippen LogP contribution in [0.15, 0.2) is 48.5 Å². The van der Waals surface area contributed by atoms with Crippen LogP contribution in [-0.4, -0.2) is 20.6 Å². The molecule has 0 saturated heterocycles. The molecule has 3 rings (SSSR count). The lowest BCUT2D eigenvalue weighted by molar-refractivity contribution is -0.136. The Kier molecular flexibility index (Phi) is 6.76. The molecule has 6 nitrogen and oxygen atoms in total. The van der Waals surface area contributed by atoms with Gasteiger partial charge in [0.05, 0.1) is 28.1 Å². The third kappa shape index (κ3) is 5.75. The van der Waals surface area contributed by atoms with Crippen LogP contribution in [0.5, 0.6) is 0 Å². The van der Waals surface area contributed by atoms with Gasteiger partial charge in [-0.15, -0.1) is 0 Å². The summed E-state index contributed by atoms with van der Waals surface area (Å²) >= 11 is 6.10. The van der Waals surface area contributed by atoms with E-state index in [1.165, 1.54) is 6.07 Å². The average Bonchev–Trinajstić information content (AvgIpc) is 2.69. The first-order chi connectivity index (χ1) is 15.7. The first kappa shape index (κ1) is 25.2. The van der Waals surface area contributed by atoms with E-state index < -0.39 is 50.6 Å². The van der Waals surface area contributed by atoms with Crippen molar-refractivity contribution in [2.75, 3.05) is 22.0 Å². The zero-order chi connectivity index (χ0) is 25.4. The van der Waals surface area contributed by atoms with Crippen molar-refractivity contribution in [3.05, 3.63) is 76.3 Å². The van der Waals surface area contributed by atoms with Gasteiger partial charge < -0.3 is 11.1 Å². The number of nitrogens with one attached hydrogen (secondary N) is 2. The van der Waals surface area contributed by atoms with E-state index >= 15 is 0 Å². The summed E-state index contributed by atoms with van der Waals surface area (Å²) in [5, 5.41) is 1.92. The summed E-state index contributed by atoms with van der Waals surface area (Å²) in [6.45, 7) is 0. The van der Waals surface area contributed by atoms with Crippen LogP contribution >= 0.6 is 11.6 Å². The van der Waals surface area contributed by atoms with Crippen molar-refractivity contribution in [3.63, 3.8) is 0 Å². The van der Waals surface area contributed by atoms with Gasteiger partial charge in [0.2, 0.25) is 10.0 Å². The minimum atomic E-state index is -4.95.